The minimum absolute atomic E-state index is 0.0655. The minimum atomic E-state index is -1.08. The molecule has 0 unspecified atom stereocenters. The molecule has 2 aromatic heterocycles. The van der Waals surface area contributed by atoms with Gasteiger partial charge in [-0.05, 0) is 0 Å². The summed E-state index contributed by atoms with van der Waals surface area (Å²) in [6, 6.07) is 0. The van der Waals surface area contributed by atoms with E-state index in [1.54, 1.807) is 17.5 Å². The Labute approximate surface area is 101 Å². The number of anilines is 1. The van der Waals surface area contributed by atoms with E-state index in [0.29, 0.717) is 12.4 Å². The van der Waals surface area contributed by atoms with Crippen molar-refractivity contribution in [3.63, 3.8) is 0 Å². The minimum Gasteiger partial charge on any atom is -0.476 e. The van der Waals surface area contributed by atoms with Gasteiger partial charge in [0.15, 0.2) is 5.69 Å². The Bertz CT molecular complexity index is 501. The van der Waals surface area contributed by atoms with E-state index in [4.69, 9.17) is 5.11 Å². The van der Waals surface area contributed by atoms with E-state index in [1.807, 2.05) is 5.38 Å². The number of carboxylic acids is 1. The molecule has 0 aromatic carbocycles. The SMILES string of the molecule is O=C(O)c1cncc(NCCc2nccs2)n1. The van der Waals surface area contributed by atoms with Gasteiger partial charge in [0.05, 0.1) is 17.4 Å². The van der Waals surface area contributed by atoms with Crippen molar-refractivity contribution >= 4 is 23.1 Å². The molecule has 0 amide bonds. The lowest BCUT2D eigenvalue weighted by molar-refractivity contribution is 0.0690. The zero-order valence-corrected chi connectivity index (χ0v) is 9.65. The van der Waals surface area contributed by atoms with Gasteiger partial charge in [-0.15, -0.1) is 11.3 Å². The summed E-state index contributed by atoms with van der Waals surface area (Å²) in [7, 11) is 0. The lowest BCUT2D eigenvalue weighted by Gasteiger charge is -2.03. The number of rotatable bonds is 5. The molecule has 0 aliphatic heterocycles. The Kier molecular flexibility index (Phi) is 3.61. The smallest absolute Gasteiger partial charge is 0.356 e. The third kappa shape index (κ3) is 3.22. The van der Waals surface area contributed by atoms with Gasteiger partial charge in [-0.25, -0.2) is 14.8 Å². The quantitative estimate of drug-likeness (QED) is 0.831. The lowest BCUT2D eigenvalue weighted by atomic mass is 10.4. The Morgan fingerprint density at radius 3 is 3.06 bits per heavy atom. The highest BCUT2D eigenvalue weighted by Gasteiger charge is 2.05. The van der Waals surface area contributed by atoms with Gasteiger partial charge < -0.3 is 10.4 Å². The molecule has 2 aromatic rings. The molecule has 0 saturated carbocycles. The summed E-state index contributed by atoms with van der Waals surface area (Å²) >= 11 is 1.58. The first kappa shape index (κ1) is 11.5. The topological polar surface area (TPSA) is 88.0 Å². The molecule has 2 heterocycles. The number of carbonyl (C=O) groups is 1. The molecule has 0 bridgehead atoms. The average Bonchev–Trinajstić information content (AvgIpc) is 2.82. The molecule has 17 heavy (non-hydrogen) atoms. The molecule has 2 N–H and O–H groups in total. The van der Waals surface area contributed by atoms with Crippen molar-refractivity contribution in [2.45, 2.75) is 6.42 Å². The van der Waals surface area contributed by atoms with E-state index in [1.165, 1.54) is 12.4 Å². The van der Waals surface area contributed by atoms with Crippen LogP contribution < -0.4 is 5.32 Å². The molecule has 0 fully saturated rings. The number of nitrogens with one attached hydrogen (secondary N) is 1. The van der Waals surface area contributed by atoms with Crippen LogP contribution in [0.2, 0.25) is 0 Å². The van der Waals surface area contributed by atoms with Gasteiger partial charge in [-0.1, -0.05) is 0 Å². The maximum absolute atomic E-state index is 10.7. The van der Waals surface area contributed by atoms with E-state index in [2.05, 4.69) is 20.3 Å². The van der Waals surface area contributed by atoms with E-state index in [-0.39, 0.29) is 5.69 Å². The van der Waals surface area contributed by atoms with Crippen molar-refractivity contribution in [1.29, 1.82) is 0 Å². The Hall–Kier alpha value is -2.02. The summed E-state index contributed by atoms with van der Waals surface area (Å²) < 4.78 is 0. The summed E-state index contributed by atoms with van der Waals surface area (Å²) in [6.45, 7) is 0.644. The van der Waals surface area contributed by atoms with Gasteiger partial charge in [-0.2, -0.15) is 0 Å². The van der Waals surface area contributed by atoms with E-state index in [0.717, 1.165) is 11.4 Å². The van der Waals surface area contributed by atoms with Gasteiger partial charge in [0, 0.05) is 24.5 Å². The van der Waals surface area contributed by atoms with Crippen LogP contribution in [0.15, 0.2) is 24.0 Å². The number of aromatic carboxylic acids is 1. The van der Waals surface area contributed by atoms with Crippen molar-refractivity contribution in [3.8, 4) is 0 Å². The molecule has 0 saturated heterocycles. The first-order chi connectivity index (χ1) is 8.25. The maximum Gasteiger partial charge on any atom is 0.356 e. The van der Waals surface area contributed by atoms with E-state index >= 15 is 0 Å². The maximum atomic E-state index is 10.7. The van der Waals surface area contributed by atoms with Crippen molar-refractivity contribution in [1.82, 2.24) is 15.0 Å². The number of hydrogen-bond acceptors (Lipinski definition) is 6. The largest absolute Gasteiger partial charge is 0.476 e. The lowest BCUT2D eigenvalue weighted by Crippen LogP contribution is -2.09. The van der Waals surface area contributed by atoms with Crippen molar-refractivity contribution < 1.29 is 9.90 Å². The van der Waals surface area contributed by atoms with Crippen LogP contribution in [-0.4, -0.2) is 32.6 Å². The zero-order chi connectivity index (χ0) is 12.1. The van der Waals surface area contributed by atoms with Gasteiger partial charge in [0.1, 0.15) is 5.82 Å². The number of aromatic nitrogens is 3. The molecule has 88 valence electrons. The fourth-order valence-electron chi connectivity index (χ4n) is 1.23. The molecule has 2 rings (SSSR count). The predicted molar refractivity (Wildman–Crippen MR) is 63.3 cm³/mol. The first-order valence-electron chi connectivity index (χ1n) is 4.93. The van der Waals surface area contributed by atoms with Crippen LogP contribution in [0, 0.1) is 0 Å². The molecule has 0 atom stereocenters. The van der Waals surface area contributed by atoms with Gasteiger partial charge in [-0.3, -0.25) is 4.98 Å². The van der Waals surface area contributed by atoms with Crippen LogP contribution in [0.4, 0.5) is 5.82 Å². The third-order valence-electron chi connectivity index (χ3n) is 1.98. The second kappa shape index (κ2) is 5.35. The Balaban J connectivity index is 1.90. The number of nitrogens with zero attached hydrogens (tertiary/aromatic N) is 3. The average molecular weight is 250 g/mol. The Morgan fingerprint density at radius 1 is 1.47 bits per heavy atom. The van der Waals surface area contributed by atoms with Crippen molar-refractivity contribution in [2.24, 2.45) is 0 Å². The third-order valence-corrected chi connectivity index (χ3v) is 2.82. The second-order valence-corrected chi connectivity index (χ2v) is 4.18. The van der Waals surface area contributed by atoms with Gasteiger partial charge >= 0.3 is 5.97 Å². The molecule has 0 radical (unpaired) electrons. The van der Waals surface area contributed by atoms with Gasteiger partial charge in [0.25, 0.3) is 0 Å². The van der Waals surface area contributed by atoms with E-state index < -0.39 is 5.97 Å². The van der Waals surface area contributed by atoms with Crippen LogP contribution in [0.5, 0.6) is 0 Å². The summed E-state index contributed by atoms with van der Waals surface area (Å²) in [5.74, 6) is -0.623. The zero-order valence-electron chi connectivity index (χ0n) is 8.83. The predicted octanol–water partition coefficient (Wildman–Crippen LogP) is 1.29. The summed E-state index contributed by atoms with van der Waals surface area (Å²) in [4.78, 5) is 22.5. The number of thiazole rings is 1. The molecule has 6 nitrogen and oxygen atoms in total. The second-order valence-electron chi connectivity index (χ2n) is 3.20. The van der Waals surface area contributed by atoms with Crippen LogP contribution in [-0.2, 0) is 6.42 Å². The first-order valence-corrected chi connectivity index (χ1v) is 5.81. The molecule has 0 spiro atoms. The molecular weight excluding hydrogens is 240 g/mol. The highest BCUT2D eigenvalue weighted by Crippen LogP contribution is 2.06. The Morgan fingerprint density at radius 2 is 2.35 bits per heavy atom. The monoisotopic (exact) mass is 250 g/mol. The van der Waals surface area contributed by atoms with Gasteiger partial charge in [0.2, 0.25) is 0 Å². The van der Waals surface area contributed by atoms with Crippen LogP contribution >= 0.6 is 11.3 Å². The number of carboxylic acid groups (broad SMARTS) is 1. The number of hydrogen-bond donors (Lipinski definition) is 2. The standard InChI is InChI=1S/C10H10N4O2S/c15-10(16)7-5-11-6-8(14-7)12-2-1-9-13-3-4-17-9/h3-6H,1-2H2,(H,12,14)(H,15,16). The summed E-state index contributed by atoms with van der Waals surface area (Å²) in [6.07, 6.45) is 5.24. The van der Waals surface area contributed by atoms with Crippen LogP contribution in [0.25, 0.3) is 0 Å². The van der Waals surface area contributed by atoms with Crippen molar-refractivity contribution in [3.05, 3.63) is 34.7 Å². The summed E-state index contributed by atoms with van der Waals surface area (Å²) in [5, 5.41) is 14.7. The molecule has 7 heteroatoms. The fourth-order valence-corrected chi connectivity index (χ4v) is 1.85. The molecular formula is C10H10N4O2S. The van der Waals surface area contributed by atoms with Crippen molar-refractivity contribution in [2.75, 3.05) is 11.9 Å². The van der Waals surface area contributed by atoms with E-state index in [9.17, 15) is 4.79 Å². The molecule has 0 aliphatic carbocycles. The van der Waals surface area contributed by atoms with Crippen LogP contribution in [0.3, 0.4) is 0 Å². The summed E-state index contributed by atoms with van der Waals surface area (Å²) in [5.41, 5.74) is -0.0655. The fraction of sp³-hybridized carbons (Fsp3) is 0.200. The highest BCUT2D eigenvalue weighted by molar-refractivity contribution is 7.09. The highest BCUT2D eigenvalue weighted by atomic mass is 32.1. The molecule has 0 aliphatic rings. The van der Waals surface area contributed by atoms with Crippen LogP contribution in [0.1, 0.15) is 15.5 Å². The normalized spacial score (nSPS) is 10.1.